The lowest BCUT2D eigenvalue weighted by molar-refractivity contribution is 0.219. The van der Waals surface area contributed by atoms with Crippen molar-refractivity contribution < 1.29 is 4.79 Å². The number of carbonyl (C=O) groups is 1. The van der Waals surface area contributed by atoms with E-state index >= 15 is 0 Å². The van der Waals surface area contributed by atoms with Crippen molar-refractivity contribution in [2.75, 3.05) is 13.6 Å². The molecule has 76 valence electrons. The van der Waals surface area contributed by atoms with Crippen LogP contribution in [-0.4, -0.2) is 24.5 Å². The van der Waals surface area contributed by atoms with Gasteiger partial charge in [0.05, 0.1) is 0 Å². The Labute approximate surface area is 88.5 Å². The number of carbonyl (C=O) groups excluding carboxylic acids is 1. The number of amides is 2. The van der Waals surface area contributed by atoms with Gasteiger partial charge in [0.25, 0.3) is 0 Å². The summed E-state index contributed by atoms with van der Waals surface area (Å²) in [7, 11) is 1.67. The molecule has 2 N–H and O–H groups in total. The largest absolute Gasteiger partial charge is 0.351 e. The molecule has 0 radical (unpaired) electrons. The van der Waals surface area contributed by atoms with E-state index in [1.54, 1.807) is 7.05 Å². The van der Waals surface area contributed by atoms with Crippen LogP contribution < -0.4 is 5.73 Å². The van der Waals surface area contributed by atoms with Crippen LogP contribution in [0, 0.1) is 0 Å². The van der Waals surface area contributed by atoms with Crippen LogP contribution in [-0.2, 0) is 6.42 Å². The Morgan fingerprint density at radius 2 is 2.29 bits per heavy atom. The Morgan fingerprint density at radius 3 is 2.86 bits per heavy atom. The lowest BCUT2D eigenvalue weighted by Crippen LogP contribution is -2.33. The monoisotopic (exact) mass is 212 g/mol. The fourth-order valence-corrected chi connectivity index (χ4v) is 1.31. The number of primary amides is 1. The van der Waals surface area contributed by atoms with Gasteiger partial charge < -0.3 is 10.6 Å². The van der Waals surface area contributed by atoms with Crippen LogP contribution in [0.1, 0.15) is 5.56 Å². The average molecular weight is 213 g/mol. The summed E-state index contributed by atoms with van der Waals surface area (Å²) in [5.41, 5.74) is 6.19. The molecule has 14 heavy (non-hydrogen) atoms. The van der Waals surface area contributed by atoms with Crippen LogP contribution in [0.25, 0.3) is 0 Å². The third-order valence-electron chi connectivity index (χ3n) is 2.00. The first kappa shape index (κ1) is 10.9. The Kier molecular flexibility index (Phi) is 3.77. The fraction of sp³-hybridized carbons (Fsp3) is 0.300. The van der Waals surface area contributed by atoms with E-state index < -0.39 is 6.03 Å². The van der Waals surface area contributed by atoms with Gasteiger partial charge in [-0.3, -0.25) is 0 Å². The minimum absolute atomic E-state index is 0.410. The summed E-state index contributed by atoms with van der Waals surface area (Å²) in [5, 5.41) is 0.712. The van der Waals surface area contributed by atoms with Crippen LogP contribution >= 0.6 is 11.6 Å². The summed E-state index contributed by atoms with van der Waals surface area (Å²) in [6.45, 7) is 0.607. The zero-order valence-electron chi connectivity index (χ0n) is 8.03. The molecule has 0 heterocycles. The second-order valence-corrected chi connectivity index (χ2v) is 3.58. The van der Waals surface area contributed by atoms with Gasteiger partial charge in [-0.2, -0.15) is 0 Å². The molecule has 1 rings (SSSR count). The highest BCUT2D eigenvalue weighted by atomic mass is 35.5. The molecular formula is C10H13ClN2O. The highest BCUT2D eigenvalue weighted by Crippen LogP contribution is 2.11. The number of benzene rings is 1. The Morgan fingerprint density at radius 1 is 1.57 bits per heavy atom. The van der Waals surface area contributed by atoms with Crippen molar-refractivity contribution in [3.8, 4) is 0 Å². The maximum absolute atomic E-state index is 10.7. The van der Waals surface area contributed by atoms with Gasteiger partial charge >= 0.3 is 6.03 Å². The number of hydrogen-bond acceptors (Lipinski definition) is 1. The van der Waals surface area contributed by atoms with E-state index in [1.165, 1.54) is 4.90 Å². The molecule has 0 spiro atoms. The second kappa shape index (κ2) is 4.86. The van der Waals surface area contributed by atoms with Gasteiger partial charge in [0.15, 0.2) is 0 Å². The summed E-state index contributed by atoms with van der Waals surface area (Å²) in [4.78, 5) is 12.2. The maximum atomic E-state index is 10.7. The van der Waals surface area contributed by atoms with E-state index in [0.29, 0.717) is 11.6 Å². The van der Waals surface area contributed by atoms with Gasteiger partial charge in [-0.15, -0.1) is 0 Å². The molecule has 2 amide bonds. The SMILES string of the molecule is CN(CCc1cccc(Cl)c1)C(N)=O. The molecule has 0 aromatic heterocycles. The predicted octanol–water partition coefficient (Wildman–Crippen LogP) is 1.89. The fourth-order valence-electron chi connectivity index (χ4n) is 1.10. The first-order valence-electron chi connectivity index (χ1n) is 4.34. The quantitative estimate of drug-likeness (QED) is 0.817. The van der Waals surface area contributed by atoms with Crippen molar-refractivity contribution in [1.82, 2.24) is 4.90 Å². The van der Waals surface area contributed by atoms with Crippen molar-refractivity contribution in [3.05, 3.63) is 34.9 Å². The van der Waals surface area contributed by atoms with Crippen LogP contribution in [0.5, 0.6) is 0 Å². The minimum atomic E-state index is -0.410. The average Bonchev–Trinajstić information content (AvgIpc) is 2.14. The van der Waals surface area contributed by atoms with Crippen molar-refractivity contribution in [1.29, 1.82) is 0 Å². The summed E-state index contributed by atoms with van der Waals surface area (Å²) in [5.74, 6) is 0. The Hall–Kier alpha value is -1.22. The van der Waals surface area contributed by atoms with Gasteiger partial charge in [0.1, 0.15) is 0 Å². The van der Waals surface area contributed by atoms with Crippen molar-refractivity contribution >= 4 is 17.6 Å². The zero-order valence-corrected chi connectivity index (χ0v) is 8.79. The molecule has 0 fully saturated rings. The summed E-state index contributed by atoms with van der Waals surface area (Å²) in [6.07, 6.45) is 0.764. The summed E-state index contributed by atoms with van der Waals surface area (Å²) < 4.78 is 0. The molecule has 4 heteroatoms. The molecule has 0 aliphatic heterocycles. The number of hydrogen-bond donors (Lipinski definition) is 1. The van der Waals surface area contributed by atoms with Crippen molar-refractivity contribution in [3.63, 3.8) is 0 Å². The lowest BCUT2D eigenvalue weighted by Gasteiger charge is -2.13. The topological polar surface area (TPSA) is 46.3 Å². The van der Waals surface area contributed by atoms with E-state index in [1.807, 2.05) is 24.3 Å². The second-order valence-electron chi connectivity index (χ2n) is 3.14. The first-order valence-corrected chi connectivity index (χ1v) is 4.72. The predicted molar refractivity (Wildman–Crippen MR) is 57.4 cm³/mol. The molecule has 0 bridgehead atoms. The standard InChI is InChI=1S/C10H13ClN2O/c1-13(10(12)14)6-5-8-3-2-4-9(11)7-8/h2-4,7H,5-6H2,1H3,(H2,12,14). The Balaban J connectivity index is 2.49. The van der Waals surface area contributed by atoms with Crippen LogP contribution in [0.2, 0.25) is 5.02 Å². The van der Waals surface area contributed by atoms with Gasteiger partial charge in [0, 0.05) is 18.6 Å². The third kappa shape index (κ3) is 3.26. The highest BCUT2D eigenvalue weighted by Gasteiger charge is 2.02. The number of urea groups is 1. The van der Waals surface area contributed by atoms with E-state index in [-0.39, 0.29) is 0 Å². The highest BCUT2D eigenvalue weighted by molar-refractivity contribution is 6.30. The van der Waals surface area contributed by atoms with Gasteiger partial charge in [0.2, 0.25) is 0 Å². The molecule has 0 unspecified atom stereocenters. The first-order chi connectivity index (χ1) is 6.59. The number of likely N-dealkylation sites (N-methyl/N-ethyl adjacent to an activating group) is 1. The molecular weight excluding hydrogens is 200 g/mol. The number of rotatable bonds is 3. The van der Waals surface area contributed by atoms with Crippen molar-refractivity contribution in [2.45, 2.75) is 6.42 Å². The number of halogens is 1. The molecule has 0 saturated heterocycles. The van der Waals surface area contributed by atoms with Crippen LogP contribution in [0.15, 0.2) is 24.3 Å². The summed E-state index contributed by atoms with van der Waals surface area (Å²) in [6, 6.07) is 7.16. The molecule has 0 aliphatic carbocycles. The molecule has 0 saturated carbocycles. The molecule has 1 aromatic rings. The molecule has 1 aromatic carbocycles. The molecule has 0 atom stereocenters. The summed E-state index contributed by atoms with van der Waals surface area (Å²) >= 11 is 5.82. The lowest BCUT2D eigenvalue weighted by atomic mass is 10.1. The normalized spacial score (nSPS) is 9.86. The van der Waals surface area contributed by atoms with E-state index in [9.17, 15) is 4.79 Å². The molecule has 0 aliphatic rings. The zero-order chi connectivity index (χ0) is 10.6. The van der Waals surface area contributed by atoms with Gasteiger partial charge in [-0.05, 0) is 24.1 Å². The van der Waals surface area contributed by atoms with Crippen molar-refractivity contribution in [2.24, 2.45) is 5.73 Å². The van der Waals surface area contributed by atoms with E-state index in [0.717, 1.165) is 12.0 Å². The van der Waals surface area contributed by atoms with E-state index in [4.69, 9.17) is 17.3 Å². The minimum Gasteiger partial charge on any atom is -0.351 e. The Bertz CT molecular complexity index is 328. The number of nitrogens with zero attached hydrogens (tertiary/aromatic N) is 1. The van der Waals surface area contributed by atoms with Gasteiger partial charge in [-0.1, -0.05) is 23.7 Å². The van der Waals surface area contributed by atoms with Crippen LogP contribution in [0.4, 0.5) is 4.79 Å². The third-order valence-corrected chi connectivity index (χ3v) is 2.24. The smallest absolute Gasteiger partial charge is 0.314 e. The van der Waals surface area contributed by atoms with E-state index in [2.05, 4.69) is 0 Å². The maximum Gasteiger partial charge on any atom is 0.314 e. The molecule has 3 nitrogen and oxygen atoms in total. The number of nitrogens with two attached hydrogens (primary N) is 1. The van der Waals surface area contributed by atoms with Gasteiger partial charge in [-0.25, -0.2) is 4.79 Å². The van der Waals surface area contributed by atoms with Crippen LogP contribution in [0.3, 0.4) is 0 Å².